The molecular weight excluding hydrogens is 392 g/mol. The molecule has 2 atom stereocenters. The molecule has 5 rings (SSSR count). The van der Waals surface area contributed by atoms with Gasteiger partial charge in [-0.3, -0.25) is 9.59 Å². The first kappa shape index (κ1) is 19.7. The number of amides is 2. The molecule has 0 fully saturated rings. The third kappa shape index (κ3) is 4.02. The van der Waals surface area contributed by atoms with Gasteiger partial charge in [0.25, 0.3) is 0 Å². The Bertz CT molecular complexity index is 1030. The average molecular weight is 418 g/mol. The maximum atomic E-state index is 13.4. The van der Waals surface area contributed by atoms with Gasteiger partial charge in [-0.15, -0.1) is 0 Å². The molecule has 0 spiro atoms. The van der Waals surface area contributed by atoms with Crippen molar-refractivity contribution in [3.63, 3.8) is 0 Å². The number of fused-ring (bicyclic) bond motifs is 2. The molecule has 0 saturated heterocycles. The number of carbonyl (C=O) groups excluding carboxylic acids is 2. The summed E-state index contributed by atoms with van der Waals surface area (Å²) in [5, 5.41) is 3.02. The van der Waals surface area contributed by atoms with Crippen LogP contribution in [0, 0.1) is 11.8 Å². The maximum absolute atomic E-state index is 13.4. The molecule has 2 amide bonds. The zero-order valence-electron chi connectivity index (χ0n) is 17.4. The lowest BCUT2D eigenvalue weighted by atomic mass is 9.81. The van der Waals surface area contributed by atoms with Crippen LogP contribution in [0.15, 0.2) is 54.6 Å². The molecule has 2 aromatic rings. The Morgan fingerprint density at radius 3 is 2.61 bits per heavy atom. The van der Waals surface area contributed by atoms with Crippen LogP contribution in [0.5, 0.6) is 11.5 Å². The van der Waals surface area contributed by atoms with Gasteiger partial charge in [0.15, 0.2) is 11.5 Å². The third-order valence-electron chi connectivity index (χ3n) is 6.43. The number of hydrogen-bond donors (Lipinski definition) is 1. The Hall–Kier alpha value is -3.28. The fraction of sp³-hybridized carbons (Fsp3) is 0.360. The number of nitrogens with one attached hydrogen (secondary N) is 1. The van der Waals surface area contributed by atoms with Gasteiger partial charge in [-0.1, -0.05) is 42.5 Å². The molecule has 2 heterocycles. The van der Waals surface area contributed by atoms with Crippen molar-refractivity contribution in [1.82, 2.24) is 10.2 Å². The summed E-state index contributed by atoms with van der Waals surface area (Å²) in [4.78, 5) is 28.3. The predicted molar refractivity (Wildman–Crippen MR) is 115 cm³/mol. The van der Waals surface area contributed by atoms with Crippen LogP contribution < -0.4 is 14.8 Å². The van der Waals surface area contributed by atoms with E-state index in [0.29, 0.717) is 38.2 Å². The van der Waals surface area contributed by atoms with Crippen molar-refractivity contribution in [3.8, 4) is 11.5 Å². The highest BCUT2D eigenvalue weighted by molar-refractivity contribution is 5.88. The van der Waals surface area contributed by atoms with Crippen LogP contribution in [0.2, 0.25) is 0 Å². The summed E-state index contributed by atoms with van der Waals surface area (Å²) in [6, 6.07) is 13.9. The van der Waals surface area contributed by atoms with Gasteiger partial charge < -0.3 is 19.7 Å². The van der Waals surface area contributed by atoms with Gasteiger partial charge in [-0.2, -0.15) is 0 Å². The molecule has 3 aliphatic rings. The summed E-state index contributed by atoms with van der Waals surface area (Å²) in [5.41, 5.74) is 3.46. The second-order valence-corrected chi connectivity index (χ2v) is 8.34. The Morgan fingerprint density at radius 1 is 0.968 bits per heavy atom. The Morgan fingerprint density at radius 2 is 1.74 bits per heavy atom. The van der Waals surface area contributed by atoms with Crippen LogP contribution >= 0.6 is 0 Å². The van der Waals surface area contributed by atoms with Crippen LogP contribution in [-0.4, -0.2) is 30.1 Å². The van der Waals surface area contributed by atoms with E-state index in [0.717, 1.165) is 17.7 Å². The van der Waals surface area contributed by atoms with Crippen molar-refractivity contribution in [2.24, 2.45) is 11.8 Å². The summed E-state index contributed by atoms with van der Waals surface area (Å²) in [7, 11) is 0. The van der Waals surface area contributed by atoms with Crippen molar-refractivity contribution >= 4 is 11.8 Å². The summed E-state index contributed by atoms with van der Waals surface area (Å²) >= 11 is 0. The summed E-state index contributed by atoms with van der Waals surface area (Å²) in [5.74, 6) is 0.780. The van der Waals surface area contributed by atoms with Crippen molar-refractivity contribution < 1.29 is 19.1 Å². The molecule has 31 heavy (non-hydrogen) atoms. The molecule has 1 N–H and O–H groups in total. The Balaban J connectivity index is 1.24. The highest BCUT2D eigenvalue weighted by atomic mass is 16.7. The summed E-state index contributed by atoms with van der Waals surface area (Å²) in [6.45, 7) is 1.96. The summed E-state index contributed by atoms with van der Waals surface area (Å²) in [6.07, 6.45) is 6.11. The Kier molecular flexibility index (Phi) is 5.37. The van der Waals surface area contributed by atoms with E-state index in [1.54, 1.807) is 0 Å². The highest BCUT2D eigenvalue weighted by Crippen LogP contribution is 2.33. The molecule has 6 heteroatoms. The second kappa shape index (κ2) is 8.46. The average Bonchev–Trinajstić information content (AvgIpc) is 3.29. The molecule has 2 aromatic carbocycles. The molecule has 6 nitrogen and oxygen atoms in total. The normalized spacial score (nSPS) is 21.5. The number of benzene rings is 2. The van der Waals surface area contributed by atoms with Crippen molar-refractivity contribution in [3.05, 3.63) is 71.3 Å². The van der Waals surface area contributed by atoms with E-state index < -0.39 is 0 Å². The quantitative estimate of drug-likeness (QED) is 0.775. The number of nitrogens with zero attached hydrogens (tertiary/aromatic N) is 1. The van der Waals surface area contributed by atoms with E-state index in [1.165, 1.54) is 11.1 Å². The highest BCUT2D eigenvalue weighted by Gasteiger charge is 2.37. The van der Waals surface area contributed by atoms with Gasteiger partial charge in [0.05, 0.1) is 11.8 Å². The minimum atomic E-state index is -0.344. The minimum absolute atomic E-state index is 0.0715. The monoisotopic (exact) mass is 418 g/mol. The van der Waals surface area contributed by atoms with E-state index in [1.807, 2.05) is 47.4 Å². The fourth-order valence-corrected chi connectivity index (χ4v) is 4.67. The lowest BCUT2D eigenvalue weighted by molar-refractivity contribution is -0.143. The SMILES string of the molecule is O=C(NCc1ccc2c(c1)OCO2)C1CC=CCC1C(=O)N1CCc2ccccc2C1. The van der Waals surface area contributed by atoms with Gasteiger partial charge in [0.1, 0.15) is 0 Å². The lowest BCUT2D eigenvalue weighted by Gasteiger charge is -2.35. The molecule has 1 aliphatic carbocycles. The van der Waals surface area contributed by atoms with Crippen LogP contribution in [0.4, 0.5) is 0 Å². The first-order chi connectivity index (χ1) is 15.2. The number of carbonyl (C=O) groups is 2. The maximum Gasteiger partial charge on any atom is 0.231 e. The molecule has 160 valence electrons. The van der Waals surface area contributed by atoms with Gasteiger partial charge >= 0.3 is 0 Å². The molecule has 0 bridgehead atoms. The zero-order valence-corrected chi connectivity index (χ0v) is 17.4. The fourth-order valence-electron chi connectivity index (χ4n) is 4.67. The lowest BCUT2D eigenvalue weighted by Crippen LogP contribution is -2.46. The standard InChI is InChI=1S/C25H26N2O4/c28-24(26-14-17-9-10-22-23(13-17)31-16-30-22)20-7-3-4-8-21(20)25(29)27-12-11-18-5-1-2-6-19(18)15-27/h1-6,9-10,13,20-21H,7-8,11-12,14-16H2,(H,26,28). The number of ether oxygens (including phenoxy) is 2. The van der Waals surface area contributed by atoms with Gasteiger partial charge in [0.2, 0.25) is 18.6 Å². The Labute approximate surface area is 181 Å². The smallest absolute Gasteiger partial charge is 0.231 e. The molecular formula is C25H26N2O4. The minimum Gasteiger partial charge on any atom is -0.454 e. The first-order valence-electron chi connectivity index (χ1n) is 10.9. The molecule has 0 radical (unpaired) electrons. The van der Waals surface area contributed by atoms with Crippen molar-refractivity contribution in [1.29, 1.82) is 0 Å². The van der Waals surface area contributed by atoms with Gasteiger partial charge in [-0.25, -0.2) is 0 Å². The number of allylic oxidation sites excluding steroid dienone is 2. The van der Waals surface area contributed by atoms with Crippen LogP contribution in [0.1, 0.15) is 29.5 Å². The van der Waals surface area contributed by atoms with Gasteiger partial charge in [0, 0.05) is 19.6 Å². The molecule has 0 aromatic heterocycles. The van der Waals surface area contributed by atoms with Crippen LogP contribution in [0.3, 0.4) is 0 Å². The number of rotatable bonds is 4. The van der Waals surface area contributed by atoms with E-state index in [-0.39, 0.29) is 30.4 Å². The largest absolute Gasteiger partial charge is 0.454 e. The van der Waals surface area contributed by atoms with Crippen molar-refractivity contribution in [2.75, 3.05) is 13.3 Å². The summed E-state index contributed by atoms with van der Waals surface area (Å²) < 4.78 is 10.7. The predicted octanol–water partition coefficient (Wildman–Crippen LogP) is 3.20. The molecule has 0 saturated carbocycles. The topological polar surface area (TPSA) is 67.9 Å². The molecule has 2 unspecified atom stereocenters. The van der Waals surface area contributed by atoms with Crippen LogP contribution in [-0.2, 0) is 29.1 Å². The van der Waals surface area contributed by atoms with Crippen molar-refractivity contribution in [2.45, 2.75) is 32.4 Å². The van der Waals surface area contributed by atoms with E-state index in [9.17, 15) is 9.59 Å². The van der Waals surface area contributed by atoms with E-state index >= 15 is 0 Å². The van der Waals surface area contributed by atoms with Gasteiger partial charge in [-0.05, 0) is 48.1 Å². The van der Waals surface area contributed by atoms with E-state index in [2.05, 4.69) is 17.4 Å². The number of hydrogen-bond acceptors (Lipinski definition) is 4. The second-order valence-electron chi connectivity index (χ2n) is 8.34. The molecule has 2 aliphatic heterocycles. The third-order valence-corrected chi connectivity index (χ3v) is 6.43. The van der Waals surface area contributed by atoms with E-state index in [4.69, 9.17) is 9.47 Å². The first-order valence-corrected chi connectivity index (χ1v) is 10.9. The zero-order chi connectivity index (χ0) is 21.2. The van der Waals surface area contributed by atoms with Crippen LogP contribution in [0.25, 0.3) is 0 Å².